The van der Waals surface area contributed by atoms with Crippen LogP contribution in [0.15, 0.2) is 45.3 Å². The fourth-order valence-electron chi connectivity index (χ4n) is 1.86. The van der Waals surface area contributed by atoms with Crippen molar-refractivity contribution in [3.63, 3.8) is 0 Å². The van der Waals surface area contributed by atoms with Gasteiger partial charge in [0.05, 0.1) is 5.02 Å². The molecule has 2 rings (SSSR count). The Kier molecular flexibility index (Phi) is 5.85. The molecular formula is C15H18ClN3OS. The molecule has 1 aromatic heterocycles. The van der Waals surface area contributed by atoms with E-state index in [9.17, 15) is 4.79 Å². The summed E-state index contributed by atoms with van der Waals surface area (Å²) in [5.74, 6) is 0. The lowest BCUT2D eigenvalue weighted by molar-refractivity contribution is 0.570. The fraction of sp³-hybridized carbons (Fsp3) is 0.333. The number of aromatic nitrogens is 2. The predicted octanol–water partition coefficient (Wildman–Crippen LogP) is 3.64. The zero-order valence-electron chi connectivity index (χ0n) is 12.0. The number of aromatic amines is 1. The van der Waals surface area contributed by atoms with Crippen molar-refractivity contribution >= 4 is 23.4 Å². The van der Waals surface area contributed by atoms with Crippen LogP contribution >= 0.6 is 23.4 Å². The molecule has 2 N–H and O–H groups in total. The van der Waals surface area contributed by atoms with Gasteiger partial charge in [0.1, 0.15) is 0 Å². The second-order valence-corrected chi connectivity index (χ2v) is 6.14. The minimum absolute atomic E-state index is 0.169. The van der Waals surface area contributed by atoms with Gasteiger partial charge in [-0.15, -0.1) is 0 Å². The van der Waals surface area contributed by atoms with E-state index in [2.05, 4.69) is 29.1 Å². The van der Waals surface area contributed by atoms with Crippen LogP contribution in [0, 0.1) is 0 Å². The number of H-pyrrole nitrogens is 1. The molecular weight excluding hydrogens is 306 g/mol. The number of benzene rings is 1. The largest absolute Gasteiger partial charge is 0.310 e. The summed E-state index contributed by atoms with van der Waals surface area (Å²) in [5.41, 5.74) is 0.977. The highest BCUT2D eigenvalue weighted by Crippen LogP contribution is 2.32. The quantitative estimate of drug-likeness (QED) is 0.797. The normalized spacial score (nSPS) is 12.3. The minimum Gasteiger partial charge on any atom is -0.310 e. The maximum absolute atomic E-state index is 11.3. The van der Waals surface area contributed by atoms with Crippen molar-refractivity contribution in [1.29, 1.82) is 0 Å². The van der Waals surface area contributed by atoms with Gasteiger partial charge >= 0.3 is 0 Å². The van der Waals surface area contributed by atoms with Gasteiger partial charge in [-0.2, -0.15) is 0 Å². The summed E-state index contributed by atoms with van der Waals surface area (Å²) in [6.07, 6.45) is 2.58. The van der Waals surface area contributed by atoms with Crippen molar-refractivity contribution in [2.75, 3.05) is 6.54 Å². The molecule has 0 amide bonds. The van der Waals surface area contributed by atoms with Crippen LogP contribution in [0.3, 0.4) is 0 Å². The first-order valence-electron chi connectivity index (χ1n) is 6.86. The van der Waals surface area contributed by atoms with Gasteiger partial charge in [0.2, 0.25) is 0 Å². The third-order valence-corrected chi connectivity index (χ3v) is 4.41. The molecule has 0 fully saturated rings. The lowest BCUT2D eigenvalue weighted by Gasteiger charge is -2.15. The molecule has 1 unspecified atom stereocenters. The predicted molar refractivity (Wildman–Crippen MR) is 87.1 cm³/mol. The van der Waals surface area contributed by atoms with Gasteiger partial charge < -0.3 is 10.3 Å². The van der Waals surface area contributed by atoms with Gasteiger partial charge in [-0.1, -0.05) is 36.4 Å². The van der Waals surface area contributed by atoms with Crippen molar-refractivity contribution in [3.8, 4) is 0 Å². The molecule has 0 aliphatic carbocycles. The molecule has 2 aromatic rings. The fourth-order valence-corrected chi connectivity index (χ4v) is 2.93. The van der Waals surface area contributed by atoms with Crippen LogP contribution in [0.25, 0.3) is 0 Å². The molecule has 112 valence electrons. The smallest absolute Gasteiger partial charge is 0.251 e. The molecule has 1 atom stereocenters. The SMILES string of the molecule is CCCNC(C)c1ccc(Sc2nccc(=O)[nH]2)c(Cl)c1. The van der Waals surface area contributed by atoms with E-state index < -0.39 is 0 Å². The minimum atomic E-state index is -0.169. The highest BCUT2D eigenvalue weighted by Gasteiger charge is 2.09. The molecule has 0 aliphatic heterocycles. The number of halogens is 1. The second-order valence-electron chi connectivity index (χ2n) is 4.71. The second kappa shape index (κ2) is 7.64. The van der Waals surface area contributed by atoms with E-state index in [-0.39, 0.29) is 11.6 Å². The third-order valence-electron chi connectivity index (χ3n) is 3.01. The average Bonchev–Trinajstić information content (AvgIpc) is 2.47. The zero-order valence-corrected chi connectivity index (χ0v) is 13.6. The summed E-state index contributed by atoms with van der Waals surface area (Å²) in [5, 5.41) is 4.62. The van der Waals surface area contributed by atoms with Crippen molar-refractivity contribution < 1.29 is 0 Å². The van der Waals surface area contributed by atoms with Crippen LogP contribution < -0.4 is 10.9 Å². The van der Waals surface area contributed by atoms with E-state index in [1.807, 2.05) is 18.2 Å². The molecule has 0 saturated heterocycles. The maximum Gasteiger partial charge on any atom is 0.251 e. The van der Waals surface area contributed by atoms with Gasteiger partial charge in [-0.3, -0.25) is 4.79 Å². The number of hydrogen-bond donors (Lipinski definition) is 2. The van der Waals surface area contributed by atoms with Gasteiger partial charge in [-0.05, 0) is 37.6 Å². The summed E-state index contributed by atoms with van der Waals surface area (Å²) in [7, 11) is 0. The molecule has 6 heteroatoms. The standard InChI is InChI=1S/C15H18ClN3OS/c1-3-7-17-10(2)11-4-5-13(12(16)9-11)21-15-18-8-6-14(20)19-15/h4-6,8-10,17H,3,7H2,1-2H3,(H,18,19,20). The van der Waals surface area contributed by atoms with Crippen LogP contribution in [0.5, 0.6) is 0 Å². The molecule has 21 heavy (non-hydrogen) atoms. The lowest BCUT2D eigenvalue weighted by atomic mass is 10.1. The maximum atomic E-state index is 11.3. The Balaban J connectivity index is 2.14. The van der Waals surface area contributed by atoms with E-state index in [4.69, 9.17) is 11.6 Å². The van der Waals surface area contributed by atoms with Gasteiger partial charge in [0.25, 0.3) is 5.56 Å². The Morgan fingerprint density at radius 1 is 1.43 bits per heavy atom. The first-order chi connectivity index (χ1) is 10.1. The van der Waals surface area contributed by atoms with E-state index in [0.29, 0.717) is 10.2 Å². The van der Waals surface area contributed by atoms with E-state index in [1.54, 1.807) is 0 Å². The van der Waals surface area contributed by atoms with Crippen LogP contribution in [0.4, 0.5) is 0 Å². The summed E-state index contributed by atoms with van der Waals surface area (Å²) in [4.78, 5) is 18.9. The van der Waals surface area contributed by atoms with Gasteiger partial charge in [0.15, 0.2) is 5.16 Å². The molecule has 0 radical (unpaired) electrons. The van der Waals surface area contributed by atoms with E-state index in [0.717, 1.165) is 23.4 Å². The monoisotopic (exact) mass is 323 g/mol. The third kappa shape index (κ3) is 4.59. The Labute approximate surface area is 133 Å². The van der Waals surface area contributed by atoms with Crippen molar-refractivity contribution in [2.45, 2.75) is 36.4 Å². The summed E-state index contributed by atoms with van der Waals surface area (Å²) in [6.45, 7) is 5.23. The highest BCUT2D eigenvalue weighted by molar-refractivity contribution is 7.99. The van der Waals surface area contributed by atoms with Crippen LogP contribution in [-0.4, -0.2) is 16.5 Å². The molecule has 0 bridgehead atoms. The van der Waals surface area contributed by atoms with Gasteiger partial charge in [-0.25, -0.2) is 4.98 Å². The number of nitrogens with zero attached hydrogens (tertiary/aromatic N) is 1. The molecule has 4 nitrogen and oxygen atoms in total. The van der Waals surface area contributed by atoms with Gasteiger partial charge in [0, 0.05) is 23.2 Å². The summed E-state index contributed by atoms with van der Waals surface area (Å²) < 4.78 is 0. The highest BCUT2D eigenvalue weighted by atomic mass is 35.5. The van der Waals surface area contributed by atoms with Crippen molar-refractivity contribution in [3.05, 3.63) is 51.4 Å². The molecule has 0 saturated carbocycles. The van der Waals surface area contributed by atoms with Crippen LogP contribution in [0.1, 0.15) is 31.9 Å². The zero-order chi connectivity index (χ0) is 15.2. The topological polar surface area (TPSA) is 57.8 Å². The Morgan fingerprint density at radius 3 is 2.90 bits per heavy atom. The Hall–Kier alpha value is -1.30. The Morgan fingerprint density at radius 2 is 2.24 bits per heavy atom. The molecule has 1 aromatic carbocycles. The van der Waals surface area contributed by atoms with E-state index in [1.165, 1.54) is 24.0 Å². The number of nitrogens with one attached hydrogen (secondary N) is 2. The van der Waals surface area contributed by atoms with Crippen molar-refractivity contribution in [2.24, 2.45) is 0 Å². The average molecular weight is 324 g/mol. The van der Waals surface area contributed by atoms with Crippen LogP contribution in [0.2, 0.25) is 5.02 Å². The Bertz CT molecular complexity index is 659. The first-order valence-corrected chi connectivity index (χ1v) is 8.05. The summed E-state index contributed by atoms with van der Waals surface area (Å²) >= 11 is 7.68. The number of rotatable bonds is 6. The molecule has 0 aliphatic rings. The molecule has 0 spiro atoms. The molecule has 1 heterocycles. The van der Waals surface area contributed by atoms with Crippen LogP contribution in [-0.2, 0) is 0 Å². The first kappa shape index (κ1) is 16.1. The lowest BCUT2D eigenvalue weighted by Crippen LogP contribution is -2.19. The van der Waals surface area contributed by atoms with Crippen molar-refractivity contribution in [1.82, 2.24) is 15.3 Å². The number of hydrogen-bond acceptors (Lipinski definition) is 4. The summed E-state index contributed by atoms with van der Waals surface area (Å²) in [6, 6.07) is 7.60. The van der Waals surface area contributed by atoms with E-state index >= 15 is 0 Å².